The molecule has 0 radical (unpaired) electrons. The number of hydrogen-bond donors (Lipinski definition) is 2. The zero-order valence-corrected chi connectivity index (χ0v) is 18.5. The number of H-pyrrole nitrogens is 1. The van der Waals surface area contributed by atoms with Crippen molar-refractivity contribution in [3.63, 3.8) is 0 Å². The largest absolute Gasteiger partial charge is 0.347 e. The van der Waals surface area contributed by atoms with E-state index in [0.29, 0.717) is 24.2 Å². The van der Waals surface area contributed by atoms with Gasteiger partial charge in [-0.05, 0) is 49.1 Å². The first-order chi connectivity index (χ1) is 16.1. The molecular formula is C27H26N4O2. The third-order valence-corrected chi connectivity index (χ3v) is 6.19. The lowest BCUT2D eigenvalue weighted by molar-refractivity contribution is 0.0676. The number of piperidine rings is 1. The Morgan fingerprint density at radius 1 is 1.09 bits per heavy atom. The molecule has 0 aliphatic carbocycles. The van der Waals surface area contributed by atoms with Crippen LogP contribution in [0.4, 0.5) is 0 Å². The number of hydrogen-bond acceptors (Lipinski definition) is 3. The first-order valence-corrected chi connectivity index (χ1v) is 11.3. The number of rotatable bonds is 4. The van der Waals surface area contributed by atoms with Gasteiger partial charge in [0.2, 0.25) is 0 Å². The highest BCUT2D eigenvalue weighted by molar-refractivity contribution is 6.01. The standard InChI is InChI=1S/C27H26N4O2/c1-18-6-4-7-19(14-18)23-9-2-3-10-24(23)27(33)31-13-5-8-22(17-31)30-26(32)21-15-20-11-12-28-25(20)29-16-21/h2-4,6-7,9-12,14-16,22H,5,8,13,17H2,1H3,(H,28,29)(H,30,32)/t22-/m1/s1. The summed E-state index contributed by atoms with van der Waals surface area (Å²) in [6, 6.07) is 19.6. The van der Waals surface area contributed by atoms with Crippen LogP contribution in [0.3, 0.4) is 0 Å². The van der Waals surface area contributed by atoms with Gasteiger partial charge in [0.15, 0.2) is 0 Å². The molecule has 33 heavy (non-hydrogen) atoms. The van der Waals surface area contributed by atoms with Crippen LogP contribution in [0.1, 0.15) is 39.1 Å². The molecule has 2 aromatic heterocycles. The molecule has 3 heterocycles. The second-order valence-corrected chi connectivity index (χ2v) is 8.62. The number of nitrogens with zero attached hydrogens (tertiary/aromatic N) is 2. The fraction of sp³-hybridized carbons (Fsp3) is 0.222. The number of amides is 2. The second-order valence-electron chi connectivity index (χ2n) is 8.62. The Morgan fingerprint density at radius 2 is 1.97 bits per heavy atom. The fourth-order valence-electron chi connectivity index (χ4n) is 4.52. The van der Waals surface area contributed by atoms with Crippen LogP contribution in [0.2, 0.25) is 0 Å². The fourth-order valence-corrected chi connectivity index (χ4v) is 4.52. The monoisotopic (exact) mass is 438 g/mol. The van der Waals surface area contributed by atoms with E-state index in [-0.39, 0.29) is 17.9 Å². The summed E-state index contributed by atoms with van der Waals surface area (Å²) in [5.74, 6) is -0.161. The summed E-state index contributed by atoms with van der Waals surface area (Å²) >= 11 is 0. The number of benzene rings is 2. The van der Waals surface area contributed by atoms with Gasteiger partial charge in [-0.2, -0.15) is 0 Å². The molecule has 2 aromatic carbocycles. The number of pyridine rings is 1. The smallest absolute Gasteiger partial charge is 0.254 e. The Hall–Kier alpha value is -3.93. The van der Waals surface area contributed by atoms with Crippen molar-refractivity contribution in [3.8, 4) is 11.1 Å². The van der Waals surface area contributed by atoms with E-state index in [0.717, 1.165) is 40.6 Å². The Kier molecular flexibility index (Phi) is 5.65. The maximum absolute atomic E-state index is 13.5. The Morgan fingerprint density at radius 3 is 2.85 bits per heavy atom. The van der Waals surface area contributed by atoms with Gasteiger partial charge in [-0.3, -0.25) is 9.59 Å². The highest BCUT2D eigenvalue weighted by atomic mass is 16.2. The third kappa shape index (κ3) is 4.37. The summed E-state index contributed by atoms with van der Waals surface area (Å²) in [4.78, 5) is 35.5. The number of likely N-dealkylation sites (tertiary alicyclic amines) is 1. The summed E-state index contributed by atoms with van der Waals surface area (Å²) in [6.45, 7) is 3.23. The van der Waals surface area contributed by atoms with Crippen LogP contribution in [-0.2, 0) is 0 Å². The molecule has 1 aliphatic rings. The minimum absolute atomic E-state index is 0.00136. The van der Waals surface area contributed by atoms with Crippen molar-refractivity contribution in [1.29, 1.82) is 0 Å². The van der Waals surface area contributed by atoms with Gasteiger partial charge >= 0.3 is 0 Å². The van der Waals surface area contributed by atoms with Gasteiger partial charge in [-0.25, -0.2) is 4.98 Å². The minimum atomic E-state index is -0.162. The average molecular weight is 439 g/mol. The molecule has 0 bridgehead atoms. The molecule has 4 aromatic rings. The van der Waals surface area contributed by atoms with E-state index in [1.165, 1.54) is 0 Å². The first-order valence-electron chi connectivity index (χ1n) is 11.3. The molecule has 6 nitrogen and oxygen atoms in total. The van der Waals surface area contributed by atoms with E-state index in [4.69, 9.17) is 0 Å². The second kappa shape index (κ2) is 8.90. The number of aryl methyl sites for hydroxylation is 1. The van der Waals surface area contributed by atoms with Crippen molar-refractivity contribution in [1.82, 2.24) is 20.2 Å². The lowest BCUT2D eigenvalue weighted by Gasteiger charge is -2.33. The quantitative estimate of drug-likeness (QED) is 0.490. The number of aromatic nitrogens is 2. The average Bonchev–Trinajstić information content (AvgIpc) is 3.32. The van der Waals surface area contributed by atoms with Crippen molar-refractivity contribution in [3.05, 3.63) is 89.7 Å². The third-order valence-electron chi connectivity index (χ3n) is 6.19. The van der Waals surface area contributed by atoms with Crippen LogP contribution < -0.4 is 5.32 Å². The van der Waals surface area contributed by atoms with Crippen molar-refractivity contribution >= 4 is 22.8 Å². The van der Waals surface area contributed by atoms with E-state index in [1.807, 2.05) is 53.4 Å². The Labute approximate surface area is 192 Å². The van der Waals surface area contributed by atoms with Gasteiger partial charge in [0.05, 0.1) is 5.56 Å². The van der Waals surface area contributed by atoms with Crippen LogP contribution in [0, 0.1) is 6.92 Å². The zero-order chi connectivity index (χ0) is 22.8. The van der Waals surface area contributed by atoms with Crippen LogP contribution in [0.15, 0.2) is 73.1 Å². The van der Waals surface area contributed by atoms with Crippen molar-refractivity contribution in [2.75, 3.05) is 13.1 Å². The summed E-state index contributed by atoms with van der Waals surface area (Å²) in [6.07, 6.45) is 5.07. The number of carbonyl (C=O) groups is 2. The number of carbonyl (C=O) groups excluding carboxylic acids is 2. The molecular weight excluding hydrogens is 412 g/mol. The molecule has 1 saturated heterocycles. The Bertz CT molecular complexity index is 1330. The van der Waals surface area contributed by atoms with Crippen LogP contribution in [0.25, 0.3) is 22.2 Å². The number of nitrogens with one attached hydrogen (secondary N) is 2. The molecule has 5 rings (SSSR count). The van der Waals surface area contributed by atoms with Gasteiger partial charge < -0.3 is 15.2 Å². The van der Waals surface area contributed by atoms with E-state index in [9.17, 15) is 9.59 Å². The van der Waals surface area contributed by atoms with Crippen molar-refractivity contribution in [2.45, 2.75) is 25.8 Å². The molecule has 1 atom stereocenters. The molecule has 1 fully saturated rings. The molecule has 6 heteroatoms. The molecule has 2 amide bonds. The van der Waals surface area contributed by atoms with E-state index in [1.54, 1.807) is 12.4 Å². The maximum atomic E-state index is 13.5. The summed E-state index contributed by atoms with van der Waals surface area (Å²) in [5, 5.41) is 4.00. The van der Waals surface area contributed by atoms with Gasteiger partial charge in [-0.15, -0.1) is 0 Å². The molecule has 166 valence electrons. The topological polar surface area (TPSA) is 78.1 Å². The molecule has 1 aliphatic heterocycles. The van der Waals surface area contributed by atoms with E-state index >= 15 is 0 Å². The van der Waals surface area contributed by atoms with Crippen LogP contribution >= 0.6 is 0 Å². The van der Waals surface area contributed by atoms with Crippen LogP contribution in [0.5, 0.6) is 0 Å². The van der Waals surface area contributed by atoms with E-state index < -0.39 is 0 Å². The summed E-state index contributed by atoms with van der Waals surface area (Å²) in [5.41, 5.74) is 5.10. The highest BCUT2D eigenvalue weighted by Crippen LogP contribution is 2.26. The number of aromatic amines is 1. The summed E-state index contributed by atoms with van der Waals surface area (Å²) in [7, 11) is 0. The normalized spacial score (nSPS) is 16.0. The lowest BCUT2D eigenvalue weighted by atomic mass is 9.96. The van der Waals surface area contributed by atoms with Gasteiger partial charge in [0.25, 0.3) is 11.8 Å². The molecule has 0 unspecified atom stereocenters. The molecule has 2 N–H and O–H groups in total. The van der Waals surface area contributed by atoms with Crippen LogP contribution in [-0.4, -0.2) is 45.8 Å². The van der Waals surface area contributed by atoms with Crippen molar-refractivity contribution in [2.24, 2.45) is 0 Å². The predicted octanol–water partition coefficient (Wildman–Crippen LogP) is 4.57. The molecule has 0 saturated carbocycles. The Balaban J connectivity index is 1.32. The molecule has 0 spiro atoms. The number of fused-ring (bicyclic) bond motifs is 1. The maximum Gasteiger partial charge on any atom is 0.254 e. The van der Waals surface area contributed by atoms with E-state index in [2.05, 4.69) is 34.3 Å². The van der Waals surface area contributed by atoms with Gasteiger partial charge in [0, 0.05) is 42.5 Å². The highest BCUT2D eigenvalue weighted by Gasteiger charge is 2.27. The SMILES string of the molecule is Cc1cccc(-c2ccccc2C(=O)N2CCC[C@@H](NC(=O)c3cnc4[nH]ccc4c3)C2)c1. The minimum Gasteiger partial charge on any atom is -0.347 e. The zero-order valence-electron chi connectivity index (χ0n) is 18.5. The first kappa shape index (κ1) is 20.9. The summed E-state index contributed by atoms with van der Waals surface area (Å²) < 4.78 is 0. The van der Waals surface area contributed by atoms with Crippen molar-refractivity contribution < 1.29 is 9.59 Å². The predicted molar refractivity (Wildman–Crippen MR) is 129 cm³/mol. The van der Waals surface area contributed by atoms with Gasteiger partial charge in [-0.1, -0.05) is 48.0 Å². The van der Waals surface area contributed by atoms with Gasteiger partial charge in [0.1, 0.15) is 5.65 Å². The lowest BCUT2D eigenvalue weighted by Crippen LogP contribution is -2.49.